The van der Waals surface area contributed by atoms with Gasteiger partial charge in [0.25, 0.3) is 11.8 Å². The molecule has 1 N–H and O–H groups in total. The lowest BCUT2D eigenvalue weighted by atomic mass is 10.0. The first kappa shape index (κ1) is 7.18. The summed E-state index contributed by atoms with van der Waals surface area (Å²) >= 11 is 0. The molecular weight excluding hydrogens is 248 g/mol. The van der Waals surface area contributed by atoms with Crippen LogP contribution in [-0.4, -0.2) is 34.5 Å². The molecule has 6 heteroatoms. The van der Waals surface area contributed by atoms with E-state index >= 15 is 0 Å². The third-order valence-corrected chi connectivity index (χ3v) is 2.75. The molecule has 0 bridgehead atoms. The maximum absolute atomic E-state index is 12.5. The first-order chi connectivity index (χ1) is 11.0. The third kappa shape index (κ3) is 1.64. The summed E-state index contributed by atoms with van der Waals surface area (Å²) in [6.45, 7) is 0. The minimum absolute atomic E-state index is 0.0667. The van der Waals surface area contributed by atoms with Gasteiger partial charge in [0.05, 0.1) is 12.5 Å². The van der Waals surface area contributed by atoms with Gasteiger partial charge in [-0.05, 0) is 18.5 Å². The van der Waals surface area contributed by atoms with Crippen molar-refractivity contribution in [2.75, 3.05) is 0 Å². The van der Waals surface area contributed by atoms with Crippen LogP contribution in [-0.2, 0) is 9.59 Å². The van der Waals surface area contributed by atoms with Gasteiger partial charge in [-0.3, -0.25) is 29.4 Å². The lowest BCUT2D eigenvalue weighted by Gasteiger charge is -2.27. The van der Waals surface area contributed by atoms with E-state index in [1.54, 1.807) is 0 Å². The Morgan fingerprint density at radius 1 is 1.16 bits per heavy atom. The molecule has 0 aromatic heterocycles. The molecule has 1 fully saturated rings. The van der Waals surface area contributed by atoms with E-state index in [0.717, 1.165) is 0 Å². The van der Waals surface area contributed by atoms with Crippen molar-refractivity contribution in [2.45, 2.75) is 18.8 Å². The van der Waals surface area contributed by atoms with Crippen LogP contribution in [0.5, 0.6) is 0 Å². The van der Waals surface area contributed by atoms with Crippen molar-refractivity contribution in [3.63, 3.8) is 0 Å². The van der Waals surface area contributed by atoms with Gasteiger partial charge in [0.1, 0.15) is 6.02 Å². The fourth-order valence-electron chi connectivity index (χ4n) is 1.92. The van der Waals surface area contributed by atoms with Crippen LogP contribution in [0.2, 0.25) is 0 Å². The number of imide groups is 2. The smallest absolute Gasteiger partial charge is 0.262 e. The van der Waals surface area contributed by atoms with Crippen LogP contribution in [0, 0.1) is 0 Å². The lowest BCUT2D eigenvalue weighted by Crippen LogP contribution is -2.54. The number of carbonyl (C=O) groups excluding carboxylic acids is 4. The first-order valence-corrected chi connectivity index (χ1v) is 5.31. The molecule has 2 heterocycles. The fourth-order valence-corrected chi connectivity index (χ4v) is 1.92. The Labute approximate surface area is 115 Å². The predicted octanol–water partition coefficient (Wildman–Crippen LogP) is 0.0878. The fraction of sp³-hybridized carbons (Fsp3) is 0.231. The molecule has 0 unspecified atom stereocenters. The molecule has 0 saturated carbocycles. The molecule has 0 aliphatic carbocycles. The molecule has 1 aromatic rings. The molecular formula is C13H10N2O4. The molecule has 96 valence electrons. The second-order valence-corrected chi connectivity index (χ2v) is 3.87. The van der Waals surface area contributed by atoms with Crippen LogP contribution in [0.1, 0.15) is 40.3 Å². The Morgan fingerprint density at radius 3 is 2.32 bits per heavy atom. The monoisotopic (exact) mass is 263 g/mol. The minimum Gasteiger partial charge on any atom is -0.295 e. The molecule has 0 radical (unpaired) electrons. The quantitative estimate of drug-likeness (QED) is 0.728. The van der Waals surface area contributed by atoms with Crippen molar-refractivity contribution in [3.8, 4) is 0 Å². The summed E-state index contributed by atoms with van der Waals surface area (Å²) in [5, 5.41) is 1.53. The normalized spacial score (nSPS) is 35.6. The number of rotatable bonds is 1. The Bertz CT molecular complexity index is 789. The van der Waals surface area contributed by atoms with Crippen LogP contribution in [0.25, 0.3) is 0 Å². The summed E-state index contributed by atoms with van der Waals surface area (Å²) in [6, 6.07) is 2.16. The molecule has 3 rings (SSSR count). The van der Waals surface area contributed by atoms with Crippen molar-refractivity contribution in [1.82, 2.24) is 10.2 Å². The first-order valence-electron chi connectivity index (χ1n) is 7.81. The van der Waals surface area contributed by atoms with Crippen LogP contribution < -0.4 is 5.32 Å². The minimum atomic E-state index is -3.47. The second-order valence-electron chi connectivity index (χ2n) is 3.87. The average Bonchev–Trinajstić information content (AvgIpc) is 2.77. The van der Waals surface area contributed by atoms with Gasteiger partial charge in [-0.25, -0.2) is 0 Å². The van der Waals surface area contributed by atoms with Crippen molar-refractivity contribution >= 4 is 23.6 Å². The van der Waals surface area contributed by atoms with E-state index in [9.17, 15) is 19.2 Å². The second kappa shape index (κ2) is 4.01. The third-order valence-electron chi connectivity index (χ3n) is 2.75. The van der Waals surface area contributed by atoms with Crippen molar-refractivity contribution in [3.05, 3.63) is 35.4 Å². The molecule has 2 aliphatic rings. The number of nitrogens with zero attached hydrogens (tertiary/aromatic N) is 1. The molecule has 2 aliphatic heterocycles. The zero-order valence-corrected chi connectivity index (χ0v) is 9.39. The van der Waals surface area contributed by atoms with E-state index in [2.05, 4.69) is 0 Å². The summed E-state index contributed by atoms with van der Waals surface area (Å²) in [6.07, 6.45) is -6.77. The summed E-state index contributed by atoms with van der Waals surface area (Å²) in [5.41, 5.74) is -0.259. The number of hydrogen-bond acceptors (Lipinski definition) is 4. The summed E-state index contributed by atoms with van der Waals surface area (Å²) in [7, 11) is 0. The number of benzene rings is 1. The average molecular weight is 263 g/mol. The van der Waals surface area contributed by atoms with Crippen LogP contribution in [0.3, 0.4) is 0 Å². The molecule has 1 atom stereocenters. The Kier molecular flexibility index (Phi) is 1.52. The Hall–Kier alpha value is -2.50. The molecule has 0 spiro atoms. The maximum Gasteiger partial charge on any atom is 0.262 e. The molecule has 19 heavy (non-hydrogen) atoms. The van der Waals surface area contributed by atoms with Gasteiger partial charge >= 0.3 is 0 Å². The highest BCUT2D eigenvalue weighted by Crippen LogP contribution is 2.26. The lowest BCUT2D eigenvalue weighted by molar-refractivity contribution is -0.136. The van der Waals surface area contributed by atoms with Gasteiger partial charge in [0, 0.05) is 11.9 Å². The Morgan fingerprint density at radius 2 is 1.74 bits per heavy atom. The van der Waals surface area contributed by atoms with E-state index in [1.807, 2.05) is 0 Å². The largest absolute Gasteiger partial charge is 0.295 e. The molecule has 6 nitrogen and oxygen atoms in total. The van der Waals surface area contributed by atoms with E-state index in [-0.39, 0.29) is 16.0 Å². The van der Waals surface area contributed by atoms with Crippen molar-refractivity contribution in [1.29, 1.82) is 0 Å². The van der Waals surface area contributed by atoms with Gasteiger partial charge < -0.3 is 0 Å². The number of fused-ring (bicyclic) bond motifs is 1. The van der Waals surface area contributed by atoms with Gasteiger partial charge in [0.2, 0.25) is 11.8 Å². The van der Waals surface area contributed by atoms with E-state index in [1.165, 1.54) is 29.6 Å². The number of amides is 4. The molecule has 4 amide bonds. The van der Waals surface area contributed by atoms with Gasteiger partial charge in [-0.1, -0.05) is 12.1 Å². The van der Waals surface area contributed by atoms with Crippen molar-refractivity contribution in [2.24, 2.45) is 0 Å². The molecule has 1 aromatic carbocycles. The van der Waals surface area contributed by atoms with Crippen molar-refractivity contribution < 1.29 is 26.0 Å². The Balaban J connectivity index is 2.21. The number of carbonyl (C=O) groups is 4. The van der Waals surface area contributed by atoms with Crippen LogP contribution in [0.4, 0.5) is 0 Å². The predicted molar refractivity (Wildman–Crippen MR) is 63.1 cm³/mol. The highest BCUT2D eigenvalue weighted by atomic mass is 16.2. The number of hydrogen-bond donors (Lipinski definition) is 1. The van der Waals surface area contributed by atoms with Gasteiger partial charge in [-0.15, -0.1) is 0 Å². The van der Waals surface area contributed by atoms with E-state index < -0.39 is 42.4 Å². The van der Waals surface area contributed by atoms with E-state index in [4.69, 9.17) is 6.85 Å². The van der Waals surface area contributed by atoms with Gasteiger partial charge in [0.15, 0.2) is 0 Å². The summed E-state index contributed by atoms with van der Waals surface area (Å²) < 4.78 is 39.1. The van der Waals surface area contributed by atoms with Gasteiger partial charge in [-0.2, -0.15) is 0 Å². The SMILES string of the molecule is [2H]C1([2H])C(=O)NC(=O)[C@@]([2H])(N2C(=O)c3ccccc3C2=O)C1([2H])[2H]. The summed E-state index contributed by atoms with van der Waals surface area (Å²) in [4.78, 5) is 48.8. The van der Waals surface area contributed by atoms with Crippen LogP contribution >= 0.6 is 0 Å². The zero-order valence-electron chi connectivity index (χ0n) is 14.4. The summed E-state index contributed by atoms with van der Waals surface area (Å²) in [5.74, 6) is -5.36. The number of nitrogens with one attached hydrogen (secondary N) is 1. The topological polar surface area (TPSA) is 83.6 Å². The van der Waals surface area contributed by atoms with Crippen LogP contribution in [0.15, 0.2) is 24.3 Å². The molecule has 1 saturated heterocycles. The standard InChI is InChI=1S/C13H10N2O4/c16-10-6-5-9(11(17)14-10)15-12(18)7-3-1-2-4-8(7)13(15)19/h1-4,9H,5-6H2,(H,14,16,17)/t9-/m0/s1/i5D2,6D2,9D. The zero-order chi connectivity index (χ0) is 18.1. The number of piperidine rings is 1. The maximum atomic E-state index is 12.5. The van der Waals surface area contributed by atoms with E-state index in [0.29, 0.717) is 0 Å². The highest BCUT2D eigenvalue weighted by Gasteiger charge is 2.44. The highest BCUT2D eigenvalue weighted by molar-refractivity contribution is 6.23.